The molecule has 6 heteroatoms. The van der Waals surface area contributed by atoms with Crippen molar-refractivity contribution >= 4 is 5.91 Å². The summed E-state index contributed by atoms with van der Waals surface area (Å²) in [5.74, 6) is 0.851. The van der Waals surface area contributed by atoms with E-state index in [9.17, 15) is 4.79 Å². The molecule has 102 valence electrons. The highest BCUT2D eigenvalue weighted by atomic mass is 16.2. The number of aromatic nitrogens is 3. The van der Waals surface area contributed by atoms with Crippen molar-refractivity contribution in [1.82, 2.24) is 25.4 Å². The highest BCUT2D eigenvalue weighted by Gasteiger charge is 2.17. The zero-order valence-electron chi connectivity index (χ0n) is 11.7. The summed E-state index contributed by atoms with van der Waals surface area (Å²) >= 11 is 0. The predicted octanol–water partition coefficient (Wildman–Crippen LogP) is 0.692. The normalized spacial score (nSPS) is 11.6. The summed E-state index contributed by atoms with van der Waals surface area (Å²) in [6, 6.07) is 0. The van der Waals surface area contributed by atoms with Crippen LogP contribution in [0.2, 0.25) is 0 Å². The van der Waals surface area contributed by atoms with Gasteiger partial charge in [0.2, 0.25) is 5.91 Å². The van der Waals surface area contributed by atoms with E-state index in [1.165, 1.54) is 0 Å². The molecule has 1 heterocycles. The first-order valence-electron chi connectivity index (χ1n) is 6.37. The molecule has 0 saturated heterocycles. The van der Waals surface area contributed by atoms with E-state index in [1.807, 2.05) is 25.3 Å². The van der Waals surface area contributed by atoms with E-state index in [0.717, 1.165) is 18.8 Å². The molecule has 1 aromatic heterocycles. The maximum atomic E-state index is 11.7. The van der Waals surface area contributed by atoms with Crippen molar-refractivity contribution < 1.29 is 4.79 Å². The second kappa shape index (κ2) is 6.49. The topological polar surface area (TPSA) is 71.8 Å². The third kappa shape index (κ3) is 4.44. The third-order valence-electron chi connectivity index (χ3n) is 2.97. The molecule has 1 rings (SSSR count). The second-order valence-electron chi connectivity index (χ2n) is 4.92. The lowest BCUT2D eigenvalue weighted by atomic mass is 10.0. The zero-order valence-corrected chi connectivity index (χ0v) is 11.7. The number of rotatable bonds is 7. The third-order valence-corrected chi connectivity index (χ3v) is 2.97. The lowest BCUT2D eigenvalue weighted by Gasteiger charge is -2.24. The Labute approximate surface area is 108 Å². The van der Waals surface area contributed by atoms with Crippen LogP contribution in [-0.2, 0) is 17.9 Å². The molecule has 0 aliphatic rings. The minimum atomic E-state index is -0.151. The SMILES string of the molecule is CCn1cnnc1CNCC(=O)NC(C)(C)CC. The number of hydrogen-bond acceptors (Lipinski definition) is 4. The fourth-order valence-electron chi connectivity index (χ4n) is 1.48. The Bertz CT molecular complexity index is 386. The Balaban J connectivity index is 2.32. The van der Waals surface area contributed by atoms with Gasteiger partial charge in [0.05, 0.1) is 13.1 Å². The number of nitrogens with one attached hydrogen (secondary N) is 2. The zero-order chi connectivity index (χ0) is 13.6. The molecule has 1 aromatic rings. The fourth-order valence-corrected chi connectivity index (χ4v) is 1.48. The van der Waals surface area contributed by atoms with Crippen LogP contribution < -0.4 is 10.6 Å². The van der Waals surface area contributed by atoms with Crippen LogP contribution in [-0.4, -0.2) is 32.8 Å². The van der Waals surface area contributed by atoms with Crippen molar-refractivity contribution in [3.8, 4) is 0 Å². The van der Waals surface area contributed by atoms with E-state index < -0.39 is 0 Å². The summed E-state index contributed by atoms with van der Waals surface area (Å²) in [4.78, 5) is 11.7. The molecule has 0 aliphatic carbocycles. The Morgan fingerprint density at radius 3 is 2.78 bits per heavy atom. The minimum absolute atomic E-state index is 0.00409. The van der Waals surface area contributed by atoms with Crippen molar-refractivity contribution in [3.63, 3.8) is 0 Å². The molecule has 0 saturated carbocycles. The van der Waals surface area contributed by atoms with E-state index in [2.05, 4.69) is 27.8 Å². The fraction of sp³-hybridized carbons (Fsp3) is 0.750. The average Bonchev–Trinajstić information content (AvgIpc) is 2.76. The van der Waals surface area contributed by atoms with Gasteiger partial charge >= 0.3 is 0 Å². The molecular formula is C12H23N5O. The van der Waals surface area contributed by atoms with E-state index in [-0.39, 0.29) is 11.4 Å². The summed E-state index contributed by atoms with van der Waals surface area (Å²) < 4.78 is 1.95. The highest BCUT2D eigenvalue weighted by molar-refractivity contribution is 5.78. The lowest BCUT2D eigenvalue weighted by Crippen LogP contribution is -2.46. The molecule has 18 heavy (non-hydrogen) atoms. The van der Waals surface area contributed by atoms with Crippen molar-refractivity contribution in [1.29, 1.82) is 0 Å². The first-order chi connectivity index (χ1) is 8.48. The number of aryl methyl sites for hydroxylation is 1. The van der Waals surface area contributed by atoms with Crippen LogP contribution in [0.25, 0.3) is 0 Å². The van der Waals surface area contributed by atoms with Crippen molar-refractivity contribution in [2.75, 3.05) is 6.54 Å². The highest BCUT2D eigenvalue weighted by Crippen LogP contribution is 2.05. The van der Waals surface area contributed by atoms with Gasteiger partial charge < -0.3 is 15.2 Å². The summed E-state index contributed by atoms with van der Waals surface area (Å²) in [5, 5.41) is 13.9. The Hall–Kier alpha value is -1.43. The molecule has 0 radical (unpaired) electrons. The smallest absolute Gasteiger partial charge is 0.234 e. The molecule has 0 fully saturated rings. The van der Waals surface area contributed by atoms with Gasteiger partial charge in [-0.25, -0.2) is 0 Å². The molecule has 0 spiro atoms. The summed E-state index contributed by atoms with van der Waals surface area (Å²) in [6.07, 6.45) is 2.60. The number of nitrogens with zero attached hydrogens (tertiary/aromatic N) is 3. The predicted molar refractivity (Wildman–Crippen MR) is 69.9 cm³/mol. The molecule has 1 amide bonds. The van der Waals surface area contributed by atoms with E-state index >= 15 is 0 Å². The average molecular weight is 253 g/mol. The van der Waals surface area contributed by atoms with Gasteiger partial charge in [0.1, 0.15) is 12.2 Å². The van der Waals surface area contributed by atoms with Crippen LogP contribution in [0.3, 0.4) is 0 Å². The molecule has 0 aliphatic heterocycles. The molecule has 0 bridgehead atoms. The van der Waals surface area contributed by atoms with Gasteiger partial charge in [-0.15, -0.1) is 10.2 Å². The van der Waals surface area contributed by atoms with Crippen molar-refractivity contribution in [2.24, 2.45) is 0 Å². The number of carbonyl (C=O) groups is 1. The van der Waals surface area contributed by atoms with Gasteiger partial charge in [-0.3, -0.25) is 4.79 Å². The van der Waals surface area contributed by atoms with Gasteiger partial charge in [-0.05, 0) is 27.2 Å². The molecule has 2 N–H and O–H groups in total. The second-order valence-corrected chi connectivity index (χ2v) is 4.92. The van der Waals surface area contributed by atoms with Crippen LogP contribution in [0.1, 0.15) is 39.9 Å². The van der Waals surface area contributed by atoms with Crippen LogP contribution >= 0.6 is 0 Å². The van der Waals surface area contributed by atoms with Crippen molar-refractivity contribution in [3.05, 3.63) is 12.2 Å². The van der Waals surface area contributed by atoms with Crippen LogP contribution in [0.4, 0.5) is 0 Å². The Morgan fingerprint density at radius 1 is 1.44 bits per heavy atom. The molecular weight excluding hydrogens is 230 g/mol. The van der Waals surface area contributed by atoms with Crippen LogP contribution in [0.5, 0.6) is 0 Å². The maximum absolute atomic E-state index is 11.7. The Morgan fingerprint density at radius 2 is 2.17 bits per heavy atom. The number of amides is 1. The lowest BCUT2D eigenvalue weighted by molar-refractivity contribution is -0.121. The van der Waals surface area contributed by atoms with Crippen LogP contribution in [0.15, 0.2) is 6.33 Å². The van der Waals surface area contributed by atoms with Crippen LogP contribution in [0, 0.1) is 0 Å². The maximum Gasteiger partial charge on any atom is 0.234 e. The number of carbonyl (C=O) groups excluding carboxylic acids is 1. The number of hydrogen-bond donors (Lipinski definition) is 2. The largest absolute Gasteiger partial charge is 0.350 e. The molecule has 0 unspecified atom stereocenters. The van der Waals surface area contributed by atoms with E-state index in [4.69, 9.17) is 0 Å². The van der Waals surface area contributed by atoms with E-state index in [0.29, 0.717) is 13.1 Å². The van der Waals surface area contributed by atoms with Gasteiger partial charge in [0, 0.05) is 12.1 Å². The summed E-state index contributed by atoms with van der Waals surface area (Å²) in [7, 11) is 0. The first-order valence-corrected chi connectivity index (χ1v) is 6.37. The summed E-state index contributed by atoms with van der Waals surface area (Å²) in [6.45, 7) is 9.78. The van der Waals surface area contributed by atoms with E-state index in [1.54, 1.807) is 6.33 Å². The van der Waals surface area contributed by atoms with Gasteiger partial charge in [0.25, 0.3) is 0 Å². The minimum Gasteiger partial charge on any atom is -0.350 e. The standard InChI is InChI=1S/C12H23N5O/c1-5-12(3,4)15-11(18)8-13-7-10-16-14-9-17(10)6-2/h9,13H,5-8H2,1-4H3,(H,15,18). The molecule has 0 atom stereocenters. The summed E-state index contributed by atoms with van der Waals surface area (Å²) in [5.41, 5.74) is -0.151. The quantitative estimate of drug-likeness (QED) is 0.750. The van der Waals surface area contributed by atoms with Gasteiger partial charge in [-0.2, -0.15) is 0 Å². The first kappa shape index (κ1) is 14.6. The van der Waals surface area contributed by atoms with Gasteiger partial charge in [0.15, 0.2) is 0 Å². The molecule has 6 nitrogen and oxygen atoms in total. The van der Waals surface area contributed by atoms with Crippen molar-refractivity contribution in [2.45, 2.75) is 52.7 Å². The molecule has 0 aromatic carbocycles. The Kier molecular flexibility index (Phi) is 5.27. The van der Waals surface area contributed by atoms with Gasteiger partial charge in [-0.1, -0.05) is 6.92 Å². The monoisotopic (exact) mass is 253 g/mol.